The van der Waals surface area contributed by atoms with Crippen molar-refractivity contribution < 1.29 is 19.8 Å². The first kappa shape index (κ1) is 14.5. The largest absolute Gasteiger partial charge is 0.479 e. The molecule has 0 amide bonds. The van der Waals surface area contributed by atoms with Gasteiger partial charge in [-0.25, -0.2) is 9.59 Å². The molecule has 2 N–H and O–H groups in total. The van der Waals surface area contributed by atoms with Crippen molar-refractivity contribution >= 4 is 17.6 Å². The zero-order valence-electron chi connectivity index (χ0n) is 10.3. The Morgan fingerprint density at radius 2 is 1.42 bits per heavy atom. The standard InChI is InChI=1S/C14H15NO4/c1-3-11(13(16)17)15(12(4-2)14(18)19)10-8-6-5-7-9-10/h3-9,11-12H,1-2H2,(H,16,17)(H,18,19). The van der Waals surface area contributed by atoms with Gasteiger partial charge in [0.2, 0.25) is 0 Å². The fourth-order valence-corrected chi connectivity index (χ4v) is 1.76. The smallest absolute Gasteiger partial charge is 0.330 e. The second kappa shape index (κ2) is 6.39. The molecule has 0 aliphatic heterocycles. The van der Waals surface area contributed by atoms with Gasteiger partial charge in [-0.3, -0.25) is 0 Å². The van der Waals surface area contributed by atoms with E-state index in [1.54, 1.807) is 30.3 Å². The van der Waals surface area contributed by atoms with Gasteiger partial charge in [0.1, 0.15) is 12.1 Å². The summed E-state index contributed by atoms with van der Waals surface area (Å²) >= 11 is 0. The van der Waals surface area contributed by atoms with Crippen LogP contribution in [0.15, 0.2) is 55.6 Å². The van der Waals surface area contributed by atoms with Gasteiger partial charge in [0.05, 0.1) is 0 Å². The Morgan fingerprint density at radius 3 is 1.74 bits per heavy atom. The van der Waals surface area contributed by atoms with E-state index in [0.717, 1.165) is 0 Å². The zero-order chi connectivity index (χ0) is 14.4. The van der Waals surface area contributed by atoms with E-state index in [9.17, 15) is 19.8 Å². The molecule has 2 unspecified atom stereocenters. The number of nitrogens with zero attached hydrogens (tertiary/aromatic N) is 1. The van der Waals surface area contributed by atoms with Crippen LogP contribution in [0.4, 0.5) is 5.69 Å². The lowest BCUT2D eigenvalue weighted by Crippen LogP contribution is -2.49. The van der Waals surface area contributed by atoms with E-state index < -0.39 is 24.0 Å². The summed E-state index contributed by atoms with van der Waals surface area (Å²) in [5.74, 6) is -2.35. The first-order chi connectivity index (χ1) is 9.02. The predicted octanol–water partition coefficient (Wildman–Crippen LogP) is 1.77. The summed E-state index contributed by atoms with van der Waals surface area (Å²) < 4.78 is 0. The van der Waals surface area contributed by atoms with Gasteiger partial charge in [-0.05, 0) is 12.1 Å². The summed E-state index contributed by atoms with van der Waals surface area (Å²) in [4.78, 5) is 23.7. The number of benzene rings is 1. The van der Waals surface area contributed by atoms with Crippen LogP contribution in [0.25, 0.3) is 0 Å². The highest BCUT2D eigenvalue weighted by Gasteiger charge is 2.31. The summed E-state index contributed by atoms with van der Waals surface area (Å²) in [6, 6.07) is 6.13. The molecule has 0 aliphatic rings. The van der Waals surface area contributed by atoms with Crippen LogP contribution in [0, 0.1) is 0 Å². The molecule has 2 atom stereocenters. The molecule has 0 saturated heterocycles. The highest BCUT2D eigenvalue weighted by Crippen LogP contribution is 2.21. The van der Waals surface area contributed by atoms with Crippen molar-refractivity contribution in [2.24, 2.45) is 0 Å². The van der Waals surface area contributed by atoms with Crippen LogP contribution in [-0.4, -0.2) is 34.2 Å². The van der Waals surface area contributed by atoms with Gasteiger partial charge >= 0.3 is 11.9 Å². The number of carbonyl (C=O) groups is 2. The number of carboxylic acid groups (broad SMARTS) is 2. The third kappa shape index (κ3) is 3.22. The Bertz CT molecular complexity index is 457. The summed E-state index contributed by atoms with van der Waals surface area (Å²) in [6.45, 7) is 6.91. The molecule has 19 heavy (non-hydrogen) atoms. The van der Waals surface area contributed by atoms with Crippen molar-refractivity contribution in [3.05, 3.63) is 55.6 Å². The maximum atomic E-state index is 11.2. The zero-order valence-corrected chi connectivity index (χ0v) is 10.3. The van der Waals surface area contributed by atoms with Gasteiger partial charge in [0, 0.05) is 5.69 Å². The minimum Gasteiger partial charge on any atom is -0.479 e. The fraction of sp³-hybridized carbons (Fsp3) is 0.143. The van der Waals surface area contributed by atoms with E-state index in [0.29, 0.717) is 5.69 Å². The van der Waals surface area contributed by atoms with Crippen LogP contribution in [-0.2, 0) is 9.59 Å². The third-order valence-electron chi connectivity index (χ3n) is 2.61. The molecule has 0 heterocycles. The highest BCUT2D eigenvalue weighted by atomic mass is 16.4. The maximum Gasteiger partial charge on any atom is 0.330 e. The van der Waals surface area contributed by atoms with Gasteiger partial charge in [-0.15, -0.1) is 13.2 Å². The average Bonchev–Trinajstić information content (AvgIpc) is 2.39. The van der Waals surface area contributed by atoms with Gasteiger partial charge in [-0.2, -0.15) is 0 Å². The Hall–Kier alpha value is -2.56. The van der Waals surface area contributed by atoms with E-state index in [4.69, 9.17) is 0 Å². The lowest BCUT2D eigenvalue weighted by Gasteiger charge is -2.32. The molecule has 1 rings (SSSR count). The summed E-state index contributed by atoms with van der Waals surface area (Å²) in [7, 11) is 0. The Kier molecular flexibility index (Phi) is 4.88. The summed E-state index contributed by atoms with van der Waals surface area (Å²) in [5.41, 5.74) is 0.474. The molecular formula is C14H15NO4. The number of para-hydroxylation sites is 1. The van der Waals surface area contributed by atoms with Gasteiger partial charge in [0.25, 0.3) is 0 Å². The Morgan fingerprint density at radius 1 is 1.00 bits per heavy atom. The molecule has 0 aromatic heterocycles. The summed E-state index contributed by atoms with van der Waals surface area (Å²) in [6.07, 6.45) is 2.38. The van der Waals surface area contributed by atoms with E-state index in [1.165, 1.54) is 17.1 Å². The molecule has 0 radical (unpaired) electrons. The highest BCUT2D eigenvalue weighted by molar-refractivity contribution is 5.87. The van der Waals surface area contributed by atoms with Crippen LogP contribution in [0.1, 0.15) is 0 Å². The maximum absolute atomic E-state index is 11.2. The van der Waals surface area contributed by atoms with Gasteiger partial charge < -0.3 is 15.1 Å². The van der Waals surface area contributed by atoms with Crippen molar-refractivity contribution in [2.75, 3.05) is 4.90 Å². The molecule has 5 heteroatoms. The summed E-state index contributed by atoms with van der Waals surface area (Å²) in [5, 5.41) is 18.4. The average molecular weight is 261 g/mol. The molecule has 5 nitrogen and oxygen atoms in total. The number of rotatable bonds is 7. The number of aliphatic carboxylic acids is 2. The molecule has 0 fully saturated rings. The minimum atomic E-state index is -1.17. The van der Waals surface area contributed by atoms with Crippen molar-refractivity contribution in [2.45, 2.75) is 12.1 Å². The number of carboxylic acids is 2. The van der Waals surface area contributed by atoms with Crippen molar-refractivity contribution in [3.8, 4) is 0 Å². The monoisotopic (exact) mass is 261 g/mol. The van der Waals surface area contributed by atoms with Crippen LogP contribution >= 0.6 is 0 Å². The third-order valence-corrected chi connectivity index (χ3v) is 2.61. The normalized spacial score (nSPS) is 13.1. The van der Waals surface area contributed by atoms with Crippen LogP contribution in [0.2, 0.25) is 0 Å². The van der Waals surface area contributed by atoms with Crippen molar-refractivity contribution in [1.29, 1.82) is 0 Å². The van der Waals surface area contributed by atoms with Crippen LogP contribution < -0.4 is 4.90 Å². The molecule has 0 aliphatic carbocycles. The van der Waals surface area contributed by atoms with Crippen LogP contribution in [0.5, 0.6) is 0 Å². The second-order valence-electron chi connectivity index (χ2n) is 3.78. The molecule has 1 aromatic carbocycles. The molecule has 100 valence electrons. The van der Waals surface area contributed by atoms with E-state index >= 15 is 0 Å². The fourth-order valence-electron chi connectivity index (χ4n) is 1.76. The van der Waals surface area contributed by atoms with E-state index in [1.807, 2.05) is 0 Å². The van der Waals surface area contributed by atoms with Gasteiger partial charge in [-0.1, -0.05) is 30.4 Å². The van der Waals surface area contributed by atoms with Crippen molar-refractivity contribution in [3.63, 3.8) is 0 Å². The van der Waals surface area contributed by atoms with Crippen LogP contribution in [0.3, 0.4) is 0 Å². The number of hydrogen-bond acceptors (Lipinski definition) is 3. The van der Waals surface area contributed by atoms with Gasteiger partial charge in [0.15, 0.2) is 0 Å². The molecule has 1 aromatic rings. The first-order valence-electron chi connectivity index (χ1n) is 5.57. The van der Waals surface area contributed by atoms with E-state index in [-0.39, 0.29) is 0 Å². The lowest BCUT2D eigenvalue weighted by molar-refractivity contribution is -0.139. The Balaban J connectivity index is 3.32. The quantitative estimate of drug-likeness (QED) is 0.731. The molecule has 0 spiro atoms. The predicted molar refractivity (Wildman–Crippen MR) is 72.2 cm³/mol. The lowest BCUT2D eigenvalue weighted by atomic mass is 10.1. The molecular weight excluding hydrogens is 246 g/mol. The first-order valence-corrected chi connectivity index (χ1v) is 5.57. The van der Waals surface area contributed by atoms with Crippen molar-refractivity contribution in [1.82, 2.24) is 0 Å². The second-order valence-corrected chi connectivity index (χ2v) is 3.78. The number of hydrogen-bond donors (Lipinski definition) is 2. The Labute approximate surface area is 111 Å². The minimum absolute atomic E-state index is 0.474. The van der Waals surface area contributed by atoms with E-state index in [2.05, 4.69) is 13.2 Å². The molecule has 0 bridgehead atoms. The SMILES string of the molecule is C=CC(C(=O)O)N(c1ccccc1)C(C=C)C(=O)O. The molecule has 0 saturated carbocycles. The number of anilines is 1. The topological polar surface area (TPSA) is 77.8 Å².